The summed E-state index contributed by atoms with van der Waals surface area (Å²) in [6.07, 6.45) is 1.78. The lowest BCUT2D eigenvalue weighted by Gasteiger charge is -2.21. The molecular formula is C30H31F3N8O. The van der Waals surface area contributed by atoms with Crippen LogP contribution in [-0.2, 0) is 12.6 Å². The van der Waals surface area contributed by atoms with Crippen molar-refractivity contribution < 1.29 is 18.0 Å². The maximum Gasteiger partial charge on any atom is 0.416 e. The molecule has 0 bridgehead atoms. The number of carbonyl (C=O) groups excluding carboxylic acids is 1. The number of hydrogen-bond acceptors (Lipinski definition) is 8. The molecule has 0 aliphatic carbocycles. The van der Waals surface area contributed by atoms with Crippen molar-refractivity contribution in [2.45, 2.75) is 38.9 Å². The van der Waals surface area contributed by atoms with Crippen molar-refractivity contribution in [3.63, 3.8) is 0 Å². The molecular weight excluding hydrogens is 545 g/mol. The Morgan fingerprint density at radius 3 is 2.50 bits per heavy atom. The molecule has 0 saturated heterocycles. The van der Waals surface area contributed by atoms with Crippen LogP contribution in [0.1, 0.15) is 40.4 Å². The normalized spacial score (nSPS) is 12.2. The molecule has 3 N–H and O–H groups in total. The first-order chi connectivity index (χ1) is 19.9. The summed E-state index contributed by atoms with van der Waals surface area (Å²) in [6, 6.07) is 10.3. The van der Waals surface area contributed by atoms with E-state index in [1.807, 2.05) is 32.8 Å². The van der Waals surface area contributed by atoms with Crippen molar-refractivity contribution in [1.29, 1.82) is 5.41 Å². The topological polar surface area (TPSA) is 120 Å². The number of rotatable bonds is 10. The Hall–Kier alpha value is -4.71. The van der Waals surface area contributed by atoms with Gasteiger partial charge in [0.15, 0.2) is 0 Å². The van der Waals surface area contributed by atoms with Crippen LogP contribution in [0, 0.1) is 12.3 Å². The molecule has 0 aliphatic heterocycles. The SMILES string of the molecule is Cc1ccc(NC(=O)c2ccc(CC(=N)C[C@H](C)N(C)C)c(C(F)(F)F)c2)cc1Nc1nccc(-c2cncnc2)n1. The van der Waals surface area contributed by atoms with E-state index in [-0.39, 0.29) is 29.3 Å². The highest BCUT2D eigenvalue weighted by molar-refractivity contribution is 6.04. The Morgan fingerprint density at radius 1 is 1.07 bits per heavy atom. The van der Waals surface area contributed by atoms with Crippen LogP contribution in [0.15, 0.2) is 67.4 Å². The van der Waals surface area contributed by atoms with Gasteiger partial charge >= 0.3 is 6.18 Å². The summed E-state index contributed by atoms with van der Waals surface area (Å²) < 4.78 is 41.9. The molecule has 0 spiro atoms. The Kier molecular flexibility index (Phi) is 9.26. The number of alkyl halides is 3. The molecule has 0 unspecified atom stereocenters. The minimum Gasteiger partial charge on any atom is -0.324 e. The zero-order chi connectivity index (χ0) is 30.4. The number of carbonyl (C=O) groups is 1. The molecule has 0 fully saturated rings. The molecule has 4 rings (SSSR count). The summed E-state index contributed by atoms with van der Waals surface area (Å²) in [6.45, 7) is 3.76. The third-order valence-electron chi connectivity index (χ3n) is 6.76. The zero-order valence-corrected chi connectivity index (χ0v) is 23.6. The molecule has 42 heavy (non-hydrogen) atoms. The van der Waals surface area contributed by atoms with Crippen molar-refractivity contribution >= 4 is 28.9 Å². The van der Waals surface area contributed by atoms with Crippen LogP contribution in [0.3, 0.4) is 0 Å². The number of nitrogens with one attached hydrogen (secondary N) is 3. The fourth-order valence-corrected chi connectivity index (χ4v) is 4.15. The average Bonchev–Trinajstić information content (AvgIpc) is 2.95. The van der Waals surface area contributed by atoms with Gasteiger partial charge in [-0.05, 0) is 69.4 Å². The van der Waals surface area contributed by atoms with E-state index in [1.54, 1.807) is 42.9 Å². The molecule has 2 aromatic carbocycles. The van der Waals surface area contributed by atoms with Crippen LogP contribution in [0.5, 0.6) is 0 Å². The van der Waals surface area contributed by atoms with E-state index in [1.165, 1.54) is 18.5 Å². The summed E-state index contributed by atoms with van der Waals surface area (Å²) >= 11 is 0. The zero-order valence-electron chi connectivity index (χ0n) is 23.6. The maximum absolute atomic E-state index is 14.0. The quantitative estimate of drug-likeness (QED) is 0.194. The summed E-state index contributed by atoms with van der Waals surface area (Å²) in [7, 11) is 3.71. The standard InChI is InChI=1S/C30H31F3N8O/c1-18-5-8-24(14-27(18)40-29-37-10-9-26(39-29)22-15-35-17-36-16-22)38-28(42)21-7-6-20(25(13-21)30(31,32)33)12-23(34)11-19(2)41(3)4/h5-10,13-17,19,34H,11-12H2,1-4H3,(H,38,42)(H,37,39,40)/t19-/m0/s1. The summed E-state index contributed by atoms with van der Waals surface area (Å²) in [5, 5.41) is 14.0. The Balaban J connectivity index is 1.52. The molecule has 2 aromatic heterocycles. The summed E-state index contributed by atoms with van der Waals surface area (Å²) in [5.74, 6) is -0.389. The van der Waals surface area contributed by atoms with Gasteiger partial charge in [-0.25, -0.2) is 19.9 Å². The van der Waals surface area contributed by atoms with Crippen LogP contribution in [-0.4, -0.2) is 56.6 Å². The number of aryl methyl sites for hydroxylation is 1. The molecule has 9 nitrogen and oxygen atoms in total. The highest BCUT2D eigenvalue weighted by Gasteiger charge is 2.34. The van der Waals surface area contributed by atoms with Crippen LogP contribution in [0.25, 0.3) is 11.3 Å². The molecule has 1 atom stereocenters. The van der Waals surface area contributed by atoms with Gasteiger partial charge in [-0.2, -0.15) is 13.2 Å². The van der Waals surface area contributed by atoms with Crippen molar-refractivity contribution in [3.8, 4) is 11.3 Å². The van der Waals surface area contributed by atoms with Gasteiger partial charge in [-0.15, -0.1) is 0 Å². The van der Waals surface area contributed by atoms with E-state index in [0.717, 1.165) is 11.6 Å². The van der Waals surface area contributed by atoms with Crippen LogP contribution >= 0.6 is 0 Å². The van der Waals surface area contributed by atoms with Gasteiger partial charge in [0.2, 0.25) is 5.95 Å². The monoisotopic (exact) mass is 576 g/mol. The lowest BCUT2D eigenvalue weighted by Crippen LogP contribution is -2.28. The third-order valence-corrected chi connectivity index (χ3v) is 6.76. The molecule has 1 amide bonds. The number of hydrogen-bond donors (Lipinski definition) is 3. The van der Waals surface area contributed by atoms with E-state index in [0.29, 0.717) is 35.0 Å². The Bertz CT molecular complexity index is 1570. The predicted octanol–water partition coefficient (Wildman–Crippen LogP) is 6.16. The second kappa shape index (κ2) is 12.9. The fourth-order valence-electron chi connectivity index (χ4n) is 4.15. The van der Waals surface area contributed by atoms with Gasteiger partial charge in [0.25, 0.3) is 5.91 Å². The van der Waals surface area contributed by atoms with Gasteiger partial charge in [-0.3, -0.25) is 4.79 Å². The van der Waals surface area contributed by atoms with E-state index in [2.05, 4.69) is 30.6 Å². The van der Waals surface area contributed by atoms with E-state index >= 15 is 0 Å². The minimum absolute atomic E-state index is 0.0137. The number of anilines is 3. The Morgan fingerprint density at radius 2 is 1.81 bits per heavy atom. The first kappa shape index (κ1) is 30.3. The molecule has 2 heterocycles. The van der Waals surface area contributed by atoms with Crippen molar-refractivity contribution in [3.05, 3.63) is 89.6 Å². The molecule has 0 saturated carbocycles. The third kappa shape index (κ3) is 7.72. The predicted molar refractivity (Wildman–Crippen MR) is 156 cm³/mol. The molecule has 0 radical (unpaired) electrons. The van der Waals surface area contributed by atoms with Crippen LogP contribution < -0.4 is 10.6 Å². The van der Waals surface area contributed by atoms with E-state index in [4.69, 9.17) is 5.41 Å². The average molecular weight is 577 g/mol. The number of aromatic nitrogens is 4. The molecule has 0 aliphatic rings. The lowest BCUT2D eigenvalue weighted by molar-refractivity contribution is -0.138. The Labute approximate surface area is 241 Å². The molecule has 12 heteroatoms. The van der Waals surface area contributed by atoms with Crippen molar-refractivity contribution in [2.24, 2.45) is 0 Å². The van der Waals surface area contributed by atoms with E-state index < -0.39 is 17.6 Å². The van der Waals surface area contributed by atoms with Crippen molar-refractivity contribution in [2.75, 3.05) is 24.7 Å². The number of nitrogens with zero attached hydrogens (tertiary/aromatic N) is 5. The highest BCUT2D eigenvalue weighted by atomic mass is 19.4. The molecule has 4 aromatic rings. The number of halogens is 3. The van der Waals surface area contributed by atoms with Gasteiger partial charge in [0.1, 0.15) is 6.33 Å². The van der Waals surface area contributed by atoms with Gasteiger partial charge < -0.3 is 20.9 Å². The number of benzene rings is 2. The van der Waals surface area contributed by atoms with E-state index in [9.17, 15) is 18.0 Å². The number of amides is 1. The van der Waals surface area contributed by atoms with Crippen LogP contribution in [0.4, 0.5) is 30.5 Å². The first-order valence-corrected chi connectivity index (χ1v) is 13.1. The lowest BCUT2D eigenvalue weighted by atomic mass is 9.96. The highest BCUT2D eigenvalue weighted by Crippen LogP contribution is 2.34. The minimum atomic E-state index is -4.68. The van der Waals surface area contributed by atoms with Crippen molar-refractivity contribution in [1.82, 2.24) is 24.8 Å². The fraction of sp³-hybridized carbons (Fsp3) is 0.267. The summed E-state index contributed by atoms with van der Waals surface area (Å²) in [5.41, 5.74) is 2.21. The van der Waals surface area contributed by atoms with Gasteiger partial charge in [0.05, 0.1) is 11.3 Å². The van der Waals surface area contributed by atoms with Gasteiger partial charge in [-0.1, -0.05) is 12.1 Å². The largest absolute Gasteiger partial charge is 0.416 e. The smallest absolute Gasteiger partial charge is 0.324 e. The molecule has 218 valence electrons. The van der Waals surface area contributed by atoms with Crippen LogP contribution in [0.2, 0.25) is 0 Å². The second-order valence-corrected chi connectivity index (χ2v) is 10.2. The van der Waals surface area contributed by atoms with Gasteiger partial charge in [0, 0.05) is 65.7 Å². The maximum atomic E-state index is 14.0. The summed E-state index contributed by atoms with van der Waals surface area (Å²) in [4.78, 5) is 31.7. The second-order valence-electron chi connectivity index (χ2n) is 10.2. The first-order valence-electron chi connectivity index (χ1n) is 13.1.